The van der Waals surface area contributed by atoms with Crippen molar-refractivity contribution in [1.82, 2.24) is 4.90 Å². The maximum atomic E-state index is 5.44. The van der Waals surface area contributed by atoms with E-state index in [0.717, 1.165) is 42.5 Å². The summed E-state index contributed by atoms with van der Waals surface area (Å²) in [6.45, 7) is 23.1. The van der Waals surface area contributed by atoms with Gasteiger partial charge < -0.3 is 4.90 Å². The van der Waals surface area contributed by atoms with Crippen molar-refractivity contribution in [2.45, 2.75) is 92.9 Å². The first kappa shape index (κ1) is 25.4. The number of hydrogen-bond donors (Lipinski definition) is 0. The number of allylic oxidation sites excluding steroid dienone is 1. The van der Waals surface area contributed by atoms with E-state index in [0.29, 0.717) is 5.41 Å². The van der Waals surface area contributed by atoms with Gasteiger partial charge in [0, 0.05) is 19.3 Å². The summed E-state index contributed by atoms with van der Waals surface area (Å²) in [5, 5.41) is 0. The minimum Gasteiger partial charge on any atom is -0.378 e. The smallest absolute Gasteiger partial charge is 0.0208 e. The van der Waals surface area contributed by atoms with Crippen LogP contribution in [0, 0.1) is 17.3 Å². The Hall–Kier alpha value is -0.630. The van der Waals surface area contributed by atoms with Gasteiger partial charge in [0.15, 0.2) is 0 Å². The monoisotopic (exact) mass is 379 g/mol. The molecule has 0 radical (unpaired) electrons. The highest BCUT2D eigenvalue weighted by molar-refractivity contribution is 7.80. The summed E-state index contributed by atoms with van der Waals surface area (Å²) in [4.78, 5) is 3.46. The summed E-state index contributed by atoms with van der Waals surface area (Å²) in [5.41, 5.74) is 2.86. The van der Waals surface area contributed by atoms with Gasteiger partial charge in [-0.3, -0.25) is 0 Å². The van der Waals surface area contributed by atoms with Crippen molar-refractivity contribution < 1.29 is 0 Å². The van der Waals surface area contributed by atoms with Gasteiger partial charge in [0.2, 0.25) is 0 Å². The summed E-state index contributed by atoms with van der Waals surface area (Å²) < 4.78 is 0. The van der Waals surface area contributed by atoms with Crippen molar-refractivity contribution in [2.75, 3.05) is 13.6 Å². The van der Waals surface area contributed by atoms with Crippen molar-refractivity contribution >= 4 is 17.1 Å². The van der Waals surface area contributed by atoms with Crippen LogP contribution in [0.1, 0.15) is 92.9 Å². The minimum absolute atomic E-state index is 0.354. The van der Waals surface area contributed by atoms with Crippen LogP contribution in [0.4, 0.5) is 0 Å². The maximum absolute atomic E-state index is 5.44. The molecule has 1 nitrogen and oxygen atoms in total. The second kappa shape index (κ2) is 12.7. The second-order valence-corrected chi connectivity index (χ2v) is 9.52. The first-order valence-corrected chi connectivity index (χ1v) is 11.0. The van der Waals surface area contributed by atoms with Crippen LogP contribution in [0.15, 0.2) is 24.4 Å². The lowest BCUT2D eigenvalue weighted by atomic mass is 9.65. The van der Waals surface area contributed by atoms with Crippen LogP contribution >= 0.6 is 12.2 Å². The molecule has 0 saturated heterocycles. The van der Waals surface area contributed by atoms with E-state index in [4.69, 9.17) is 12.2 Å². The van der Waals surface area contributed by atoms with E-state index < -0.39 is 0 Å². The molecule has 0 aliphatic carbocycles. The van der Waals surface area contributed by atoms with Crippen LogP contribution in [-0.4, -0.2) is 23.4 Å². The molecule has 0 saturated carbocycles. The van der Waals surface area contributed by atoms with E-state index in [2.05, 4.69) is 66.6 Å². The topological polar surface area (TPSA) is 3.24 Å². The number of rotatable bonds is 15. The Kier molecular flexibility index (Phi) is 12.4. The molecular formula is C24H45NS. The van der Waals surface area contributed by atoms with Gasteiger partial charge in [0.1, 0.15) is 0 Å². The first-order valence-electron chi connectivity index (χ1n) is 10.6. The molecule has 152 valence electrons. The molecule has 0 heterocycles. The lowest BCUT2D eigenvalue weighted by molar-refractivity contribution is 0.116. The normalized spacial score (nSPS) is 15.8. The van der Waals surface area contributed by atoms with Crippen molar-refractivity contribution in [1.29, 1.82) is 0 Å². The molecule has 2 heteroatoms. The molecule has 3 unspecified atom stereocenters. The lowest BCUT2D eigenvalue weighted by Crippen LogP contribution is -2.33. The molecule has 3 atom stereocenters. The van der Waals surface area contributed by atoms with Crippen LogP contribution in [-0.2, 0) is 0 Å². The second-order valence-electron chi connectivity index (χ2n) is 8.82. The van der Waals surface area contributed by atoms with Gasteiger partial charge >= 0.3 is 0 Å². The van der Waals surface area contributed by atoms with Gasteiger partial charge in [-0.25, -0.2) is 0 Å². The van der Waals surface area contributed by atoms with Crippen molar-refractivity contribution in [3.8, 4) is 0 Å². The Bertz CT molecular complexity index is 453. The Morgan fingerprint density at radius 1 is 1.12 bits per heavy atom. The number of hydrogen-bond acceptors (Lipinski definition) is 2. The highest BCUT2D eigenvalue weighted by Gasteiger charge is 2.34. The van der Waals surface area contributed by atoms with Gasteiger partial charge in [-0.1, -0.05) is 77.7 Å². The van der Waals surface area contributed by atoms with Gasteiger partial charge in [-0.2, -0.15) is 0 Å². The zero-order valence-electron chi connectivity index (χ0n) is 18.8. The molecule has 0 aliphatic rings. The van der Waals surface area contributed by atoms with Crippen molar-refractivity contribution in [2.24, 2.45) is 17.3 Å². The molecule has 0 fully saturated rings. The molecule has 0 aromatic carbocycles. The number of thiocarbonyl (C=S) groups is 1. The standard InChI is InChI=1S/C24H45NS/c1-10-23(24(8,11-2)18-22(7)26)20(5)14-12-13-15-21(6)25(9)17-16-19(3)4/h20,23H,3,6,10-18H2,1-2,4-5,7-9H3. The molecule has 0 aromatic heterocycles. The predicted molar refractivity (Wildman–Crippen MR) is 124 cm³/mol. The van der Waals surface area contributed by atoms with Gasteiger partial charge in [-0.15, -0.1) is 6.58 Å². The maximum Gasteiger partial charge on any atom is 0.0208 e. The Balaban J connectivity index is 4.41. The third-order valence-corrected chi connectivity index (χ3v) is 6.42. The fourth-order valence-corrected chi connectivity index (χ4v) is 4.70. The lowest BCUT2D eigenvalue weighted by Gasteiger charge is -2.40. The zero-order chi connectivity index (χ0) is 20.3. The predicted octanol–water partition coefficient (Wildman–Crippen LogP) is 7.82. The third kappa shape index (κ3) is 9.35. The van der Waals surface area contributed by atoms with E-state index in [9.17, 15) is 0 Å². The molecule has 0 spiro atoms. The van der Waals surface area contributed by atoms with E-state index >= 15 is 0 Å². The summed E-state index contributed by atoms with van der Waals surface area (Å²) in [6, 6.07) is 0. The number of unbranched alkanes of at least 4 members (excludes halogenated alkanes) is 1. The highest BCUT2D eigenvalue weighted by Crippen LogP contribution is 2.43. The zero-order valence-corrected chi connectivity index (χ0v) is 19.6. The SMILES string of the molecule is C=C(C)CCN(C)C(=C)CCCCC(C)C(CC)C(C)(CC)CC(C)=S. The molecule has 0 aromatic rings. The third-order valence-electron chi connectivity index (χ3n) is 6.27. The van der Waals surface area contributed by atoms with E-state index in [-0.39, 0.29) is 0 Å². The van der Waals surface area contributed by atoms with Gasteiger partial charge in [0.25, 0.3) is 0 Å². The summed E-state index contributed by atoms with van der Waals surface area (Å²) in [6.07, 6.45) is 9.57. The fraction of sp³-hybridized carbons (Fsp3) is 0.792. The van der Waals surface area contributed by atoms with E-state index in [1.807, 2.05) is 0 Å². The largest absolute Gasteiger partial charge is 0.378 e. The molecule has 0 amide bonds. The minimum atomic E-state index is 0.354. The summed E-state index contributed by atoms with van der Waals surface area (Å²) in [7, 11) is 2.15. The van der Waals surface area contributed by atoms with E-state index in [1.54, 1.807) is 0 Å². The summed E-state index contributed by atoms with van der Waals surface area (Å²) >= 11 is 5.44. The quantitative estimate of drug-likeness (QED) is 0.162. The molecule has 0 aliphatic heterocycles. The van der Waals surface area contributed by atoms with Crippen molar-refractivity contribution in [3.05, 3.63) is 24.4 Å². The van der Waals surface area contributed by atoms with E-state index in [1.165, 1.54) is 43.4 Å². The Morgan fingerprint density at radius 3 is 2.19 bits per heavy atom. The fourth-order valence-electron chi connectivity index (χ4n) is 4.37. The van der Waals surface area contributed by atoms with Crippen molar-refractivity contribution in [3.63, 3.8) is 0 Å². The van der Waals surface area contributed by atoms with Crippen LogP contribution in [0.5, 0.6) is 0 Å². The molecule has 0 bridgehead atoms. The van der Waals surface area contributed by atoms with Gasteiger partial charge in [0.05, 0.1) is 0 Å². The first-order chi connectivity index (χ1) is 12.1. The van der Waals surface area contributed by atoms with Crippen LogP contribution in [0.25, 0.3) is 0 Å². The molecule has 0 rings (SSSR count). The number of nitrogens with zero attached hydrogens (tertiary/aromatic N) is 1. The average molecular weight is 380 g/mol. The molecule has 26 heavy (non-hydrogen) atoms. The van der Waals surface area contributed by atoms with Crippen LogP contribution in [0.3, 0.4) is 0 Å². The summed E-state index contributed by atoms with van der Waals surface area (Å²) in [5.74, 6) is 1.51. The average Bonchev–Trinajstić information content (AvgIpc) is 2.56. The van der Waals surface area contributed by atoms with Crippen LogP contribution < -0.4 is 0 Å². The Morgan fingerprint density at radius 2 is 1.73 bits per heavy atom. The Labute approximate surface area is 170 Å². The molecular weight excluding hydrogens is 334 g/mol. The highest BCUT2D eigenvalue weighted by atomic mass is 32.1. The van der Waals surface area contributed by atoms with Crippen LogP contribution in [0.2, 0.25) is 0 Å². The van der Waals surface area contributed by atoms with Gasteiger partial charge in [-0.05, 0) is 61.6 Å². The molecule has 0 N–H and O–H groups in total.